The Balaban J connectivity index is 2.35. The Bertz CT molecular complexity index is 557. The van der Waals surface area contributed by atoms with Gasteiger partial charge in [-0.3, -0.25) is 0 Å². The molecule has 0 heterocycles. The van der Waals surface area contributed by atoms with E-state index >= 15 is 0 Å². The van der Waals surface area contributed by atoms with Gasteiger partial charge in [-0.15, -0.1) is 0 Å². The first kappa shape index (κ1) is 15.5. The second-order valence-electron chi connectivity index (χ2n) is 5.52. The summed E-state index contributed by atoms with van der Waals surface area (Å²) in [6, 6.07) is 7.18. The quantitative estimate of drug-likeness (QED) is 0.905. The summed E-state index contributed by atoms with van der Waals surface area (Å²) in [4.78, 5) is 0.391. The summed E-state index contributed by atoms with van der Waals surface area (Å²) < 4.78 is 27.3. The number of rotatable bonds is 5. The van der Waals surface area contributed by atoms with Gasteiger partial charge in [-0.2, -0.15) is 4.31 Å². The van der Waals surface area contributed by atoms with Crippen LogP contribution in [0, 0.1) is 12.8 Å². The molecule has 1 aliphatic rings. The monoisotopic (exact) mass is 296 g/mol. The molecule has 2 atom stereocenters. The molecule has 2 N–H and O–H groups in total. The van der Waals surface area contributed by atoms with Crippen molar-refractivity contribution in [2.24, 2.45) is 11.7 Å². The van der Waals surface area contributed by atoms with Crippen LogP contribution in [-0.4, -0.2) is 31.9 Å². The molecule has 0 bridgehead atoms. The normalized spacial score (nSPS) is 23.4. The summed E-state index contributed by atoms with van der Waals surface area (Å²) in [5.74, 6) is 0.287. The number of nitrogens with two attached hydrogens (primary N) is 1. The van der Waals surface area contributed by atoms with E-state index in [0.717, 1.165) is 24.8 Å². The Morgan fingerprint density at radius 2 is 2.10 bits per heavy atom. The molecule has 1 fully saturated rings. The molecule has 0 amide bonds. The molecular formula is C15H24N2O2S. The molecule has 1 aliphatic carbocycles. The molecule has 2 unspecified atom stereocenters. The molecule has 2 rings (SSSR count). The van der Waals surface area contributed by atoms with Gasteiger partial charge in [-0.1, -0.05) is 25.5 Å². The number of benzene rings is 1. The van der Waals surface area contributed by atoms with Crippen molar-refractivity contribution in [3.63, 3.8) is 0 Å². The molecular weight excluding hydrogens is 272 g/mol. The van der Waals surface area contributed by atoms with Crippen LogP contribution in [0.25, 0.3) is 0 Å². The van der Waals surface area contributed by atoms with Gasteiger partial charge in [0, 0.05) is 12.6 Å². The van der Waals surface area contributed by atoms with Gasteiger partial charge in [0.1, 0.15) is 0 Å². The van der Waals surface area contributed by atoms with Gasteiger partial charge in [-0.25, -0.2) is 8.42 Å². The van der Waals surface area contributed by atoms with E-state index in [0.29, 0.717) is 18.0 Å². The van der Waals surface area contributed by atoms with Gasteiger partial charge in [0.05, 0.1) is 4.90 Å². The number of hydrogen-bond donors (Lipinski definition) is 1. The first-order valence-electron chi connectivity index (χ1n) is 7.29. The smallest absolute Gasteiger partial charge is 0.243 e. The molecule has 0 radical (unpaired) electrons. The summed E-state index contributed by atoms with van der Waals surface area (Å²) in [5.41, 5.74) is 6.76. The van der Waals surface area contributed by atoms with E-state index in [1.54, 1.807) is 22.5 Å². The van der Waals surface area contributed by atoms with Gasteiger partial charge in [-0.05, 0) is 49.9 Å². The van der Waals surface area contributed by atoms with E-state index in [1.165, 1.54) is 0 Å². The van der Waals surface area contributed by atoms with Crippen LogP contribution in [0.3, 0.4) is 0 Å². The number of hydrogen-bond acceptors (Lipinski definition) is 3. The van der Waals surface area contributed by atoms with Crippen molar-refractivity contribution < 1.29 is 8.42 Å². The summed E-state index contributed by atoms with van der Waals surface area (Å²) >= 11 is 0. The van der Waals surface area contributed by atoms with Gasteiger partial charge < -0.3 is 5.73 Å². The predicted octanol–water partition coefficient (Wildman–Crippen LogP) is 2.13. The number of aryl methyl sites for hydroxylation is 1. The predicted molar refractivity (Wildman–Crippen MR) is 80.9 cm³/mol. The van der Waals surface area contributed by atoms with E-state index in [-0.39, 0.29) is 12.0 Å². The highest BCUT2D eigenvalue weighted by atomic mass is 32.2. The average Bonchev–Trinajstić information content (AvgIpc) is 2.87. The zero-order valence-corrected chi connectivity index (χ0v) is 13.1. The fraction of sp³-hybridized carbons (Fsp3) is 0.600. The number of nitrogens with zero attached hydrogens (tertiary/aromatic N) is 1. The minimum absolute atomic E-state index is 0.0514. The fourth-order valence-corrected chi connectivity index (χ4v) is 5.00. The lowest BCUT2D eigenvalue weighted by atomic mass is 10.0. The molecule has 0 aromatic heterocycles. The SMILES string of the molecule is CCN(C1CCCC1CN)S(=O)(=O)c1cccc(C)c1. The second kappa shape index (κ2) is 6.24. The molecule has 1 aromatic rings. The third kappa shape index (κ3) is 2.90. The van der Waals surface area contributed by atoms with Crippen molar-refractivity contribution in [1.29, 1.82) is 0 Å². The van der Waals surface area contributed by atoms with Crippen molar-refractivity contribution >= 4 is 10.0 Å². The molecule has 1 saturated carbocycles. The van der Waals surface area contributed by atoms with Crippen LogP contribution in [0.15, 0.2) is 29.2 Å². The molecule has 20 heavy (non-hydrogen) atoms. The summed E-state index contributed by atoms with van der Waals surface area (Å²) in [6.07, 6.45) is 3.01. The van der Waals surface area contributed by atoms with Gasteiger partial charge >= 0.3 is 0 Å². The Hall–Kier alpha value is -0.910. The molecule has 4 nitrogen and oxygen atoms in total. The molecule has 5 heteroatoms. The highest BCUT2D eigenvalue weighted by Crippen LogP contribution is 2.32. The van der Waals surface area contributed by atoms with Crippen LogP contribution in [0.2, 0.25) is 0 Å². The zero-order chi connectivity index (χ0) is 14.8. The average molecular weight is 296 g/mol. The van der Waals surface area contributed by atoms with E-state index in [1.807, 2.05) is 19.9 Å². The Labute approximate surface area is 122 Å². The van der Waals surface area contributed by atoms with Crippen molar-refractivity contribution in [2.45, 2.75) is 44.0 Å². The van der Waals surface area contributed by atoms with Crippen LogP contribution >= 0.6 is 0 Å². The maximum Gasteiger partial charge on any atom is 0.243 e. The Morgan fingerprint density at radius 1 is 1.35 bits per heavy atom. The van der Waals surface area contributed by atoms with Gasteiger partial charge in [0.15, 0.2) is 0 Å². The molecule has 112 valence electrons. The van der Waals surface area contributed by atoms with Crippen LogP contribution in [-0.2, 0) is 10.0 Å². The molecule has 1 aromatic carbocycles. The van der Waals surface area contributed by atoms with Crippen molar-refractivity contribution in [2.75, 3.05) is 13.1 Å². The number of sulfonamides is 1. The van der Waals surface area contributed by atoms with Crippen LogP contribution in [0.1, 0.15) is 31.7 Å². The third-order valence-corrected chi connectivity index (χ3v) is 6.20. The lowest BCUT2D eigenvalue weighted by Crippen LogP contribution is -2.44. The van der Waals surface area contributed by atoms with Crippen LogP contribution in [0.5, 0.6) is 0 Å². The minimum Gasteiger partial charge on any atom is -0.330 e. The Kier molecular flexibility index (Phi) is 4.83. The fourth-order valence-electron chi connectivity index (χ4n) is 3.17. The Morgan fingerprint density at radius 3 is 2.70 bits per heavy atom. The standard InChI is InChI=1S/C15H24N2O2S/c1-3-17(15-9-5-7-13(15)11-16)20(18,19)14-8-4-6-12(2)10-14/h4,6,8,10,13,15H,3,5,7,9,11,16H2,1-2H3. The van der Waals surface area contributed by atoms with Crippen molar-refractivity contribution in [3.05, 3.63) is 29.8 Å². The topological polar surface area (TPSA) is 63.4 Å². The largest absolute Gasteiger partial charge is 0.330 e. The molecule has 0 aliphatic heterocycles. The summed E-state index contributed by atoms with van der Waals surface area (Å²) in [7, 11) is -3.42. The maximum atomic E-state index is 12.8. The van der Waals surface area contributed by atoms with Crippen molar-refractivity contribution in [1.82, 2.24) is 4.31 Å². The second-order valence-corrected chi connectivity index (χ2v) is 7.41. The van der Waals surface area contributed by atoms with Gasteiger partial charge in [0.25, 0.3) is 0 Å². The summed E-state index contributed by atoms with van der Waals surface area (Å²) in [5, 5.41) is 0. The zero-order valence-electron chi connectivity index (χ0n) is 12.2. The van der Waals surface area contributed by atoms with E-state index in [4.69, 9.17) is 5.73 Å². The molecule has 0 saturated heterocycles. The van der Waals surface area contributed by atoms with E-state index < -0.39 is 10.0 Å². The molecule has 0 spiro atoms. The minimum atomic E-state index is -3.42. The first-order valence-corrected chi connectivity index (χ1v) is 8.73. The lowest BCUT2D eigenvalue weighted by molar-refractivity contribution is 0.276. The first-order chi connectivity index (χ1) is 9.50. The highest BCUT2D eigenvalue weighted by molar-refractivity contribution is 7.89. The van der Waals surface area contributed by atoms with E-state index in [9.17, 15) is 8.42 Å². The van der Waals surface area contributed by atoms with Crippen LogP contribution in [0.4, 0.5) is 0 Å². The maximum absolute atomic E-state index is 12.8. The lowest BCUT2D eigenvalue weighted by Gasteiger charge is -2.31. The highest BCUT2D eigenvalue weighted by Gasteiger charge is 2.37. The van der Waals surface area contributed by atoms with Crippen molar-refractivity contribution in [3.8, 4) is 0 Å². The summed E-state index contributed by atoms with van der Waals surface area (Å²) in [6.45, 7) is 4.87. The third-order valence-electron chi connectivity index (χ3n) is 4.20. The van der Waals surface area contributed by atoms with Gasteiger partial charge in [0.2, 0.25) is 10.0 Å². The van der Waals surface area contributed by atoms with E-state index in [2.05, 4.69) is 0 Å². The van der Waals surface area contributed by atoms with Crippen LogP contribution < -0.4 is 5.73 Å².